The number of benzene rings is 1. The van der Waals surface area contributed by atoms with Crippen molar-refractivity contribution in [2.75, 3.05) is 26.4 Å². The van der Waals surface area contributed by atoms with Crippen LogP contribution >= 0.6 is 11.9 Å². The Morgan fingerprint density at radius 1 is 1.28 bits per heavy atom. The Bertz CT molecular complexity index is 446. The third-order valence-corrected chi connectivity index (χ3v) is 4.30. The van der Waals surface area contributed by atoms with Crippen molar-refractivity contribution in [3.05, 3.63) is 48.0 Å². The molecule has 1 atom stereocenters. The van der Waals surface area contributed by atoms with Crippen LogP contribution in [0.3, 0.4) is 0 Å². The van der Waals surface area contributed by atoms with Gasteiger partial charge in [0, 0.05) is 6.54 Å². The summed E-state index contributed by atoms with van der Waals surface area (Å²) in [6.45, 7) is 7.42. The lowest BCUT2D eigenvalue weighted by Crippen LogP contribution is -2.25. The maximum absolute atomic E-state index is 9.50. The number of hydrogen-bond acceptors (Lipinski definition) is 4. The minimum atomic E-state index is 0.441. The summed E-state index contributed by atoms with van der Waals surface area (Å²) < 4.78 is 2.75. The third-order valence-electron chi connectivity index (χ3n) is 3.71. The van der Waals surface area contributed by atoms with Crippen molar-refractivity contribution in [3.63, 3.8) is 0 Å². The Labute approximate surface area is 159 Å². The van der Waals surface area contributed by atoms with E-state index in [0.717, 1.165) is 18.6 Å². The van der Waals surface area contributed by atoms with Gasteiger partial charge < -0.3 is 4.79 Å². The predicted octanol–water partition coefficient (Wildman–Crippen LogP) is 5.11. The fourth-order valence-electron chi connectivity index (χ4n) is 2.37. The molecule has 0 aliphatic heterocycles. The Balaban J connectivity index is 0.000000614. The average molecular weight is 365 g/mol. The van der Waals surface area contributed by atoms with E-state index in [9.17, 15) is 4.79 Å². The first kappa shape index (κ1) is 23.9. The van der Waals surface area contributed by atoms with E-state index in [4.69, 9.17) is 0 Å². The summed E-state index contributed by atoms with van der Waals surface area (Å²) in [7, 11) is 4.03. The van der Waals surface area contributed by atoms with Crippen LogP contribution in [0.5, 0.6) is 0 Å². The molecule has 1 aliphatic rings. The molecular weight excluding hydrogens is 328 g/mol. The summed E-state index contributed by atoms with van der Waals surface area (Å²) in [5, 5.41) is 0. The fraction of sp³-hybridized carbons (Fsp3) is 0.571. The lowest BCUT2D eigenvalue weighted by atomic mass is 10.0. The van der Waals surface area contributed by atoms with E-state index in [1.165, 1.54) is 36.9 Å². The summed E-state index contributed by atoms with van der Waals surface area (Å²) in [6.07, 6.45) is 9.44. The van der Waals surface area contributed by atoms with Crippen molar-refractivity contribution >= 4 is 18.2 Å². The molecule has 1 aromatic rings. The standard InChI is InChI=1S/C16H23N.C3H7NOS.C2H6/c1-3-4-10-16(15-8-6-5-7-9-15)17(2)13-14-11-12-14;1-4-6-3-2-5;1-2/h4-10,14,16H,3,11-13H2,1-2H3;2,4H,3H2,1H3;1-2H3/b10-4-;;/t16-;;/m0../s1. The number of rotatable bonds is 9. The molecular formula is C21H36N2OS. The molecule has 0 unspecified atom stereocenters. The molecule has 1 aromatic carbocycles. The second kappa shape index (κ2) is 16.4. The van der Waals surface area contributed by atoms with E-state index in [-0.39, 0.29) is 0 Å². The van der Waals surface area contributed by atoms with Gasteiger partial charge in [-0.2, -0.15) is 0 Å². The zero-order valence-corrected chi connectivity index (χ0v) is 17.4. The summed E-state index contributed by atoms with van der Waals surface area (Å²) in [4.78, 5) is 12.0. The van der Waals surface area contributed by atoms with E-state index >= 15 is 0 Å². The number of allylic oxidation sites excluding steroid dienone is 1. The molecule has 0 spiro atoms. The number of likely N-dealkylation sites (N-methyl/N-ethyl adjacent to an activating group) is 1. The summed E-state index contributed by atoms with van der Waals surface area (Å²) >= 11 is 1.39. The summed E-state index contributed by atoms with van der Waals surface area (Å²) in [6, 6.07) is 11.3. The Morgan fingerprint density at radius 3 is 2.36 bits per heavy atom. The van der Waals surface area contributed by atoms with Crippen LogP contribution in [-0.2, 0) is 4.79 Å². The highest BCUT2D eigenvalue weighted by molar-refractivity contribution is 7.97. The molecule has 1 fully saturated rings. The van der Waals surface area contributed by atoms with Crippen LogP contribution in [0.4, 0.5) is 0 Å². The second-order valence-corrected chi connectivity index (χ2v) is 6.79. The Morgan fingerprint density at radius 2 is 1.92 bits per heavy atom. The van der Waals surface area contributed by atoms with Crippen LogP contribution in [0.25, 0.3) is 0 Å². The minimum absolute atomic E-state index is 0.441. The van der Waals surface area contributed by atoms with Gasteiger partial charge in [0.2, 0.25) is 0 Å². The number of nitrogens with zero attached hydrogens (tertiary/aromatic N) is 1. The molecule has 0 radical (unpaired) electrons. The van der Waals surface area contributed by atoms with Crippen molar-refractivity contribution < 1.29 is 4.79 Å². The lowest BCUT2D eigenvalue weighted by molar-refractivity contribution is -0.105. The first-order valence-corrected chi connectivity index (χ1v) is 10.4. The van der Waals surface area contributed by atoms with Gasteiger partial charge in [-0.15, -0.1) is 0 Å². The highest BCUT2D eigenvalue weighted by Gasteiger charge is 2.25. The minimum Gasteiger partial charge on any atom is -0.302 e. The van der Waals surface area contributed by atoms with E-state index in [2.05, 4.69) is 66.1 Å². The van der Waals surface area contributed by atoms with Crippen LogP contribution in [0.2, 0.25) is 0 Å². The van der Waals surface area contributed by atoms with Gasteiger partial charge in [0.15, 0.2) is 0 Å². The van der Waals surface area contributed by atoms with E-state index in [1.54, 1.807) is 7.05 Å². The van der Waals surface area contributed by atoms with Crippen LogP contribution in [0.1, 0.15) is 51.6 Å². The third kappa shape index (κ3) is 12.0. The number of aldehydes is 1. The molecule has 142 valence electrons. The highest BCUT2D eigenvalue weighted by Crippen LogP contribution is 2.32. The molecule has 2 rings (SSSR count). The van der Waals surface area contributed by atoms with Crippen molar-refractivity contribution in [2.45, 2.75) is 46.1 Å². The average Bonchev–Trinajstić information content (AvgIpc) is 3.47. The van der Waals surface area contributed by atoms with Gasteiger partial charge in [0.05, 0.1) is 11.8 Å². The first-order valence-electron chi connectivity index (χ1n) is 9.36. The summed E-state index contributed by atoms with van der Waals surface area (Å²) in [5.74, 6) is 1.48. The fourth-order valence-corrected chi connectivity index (χ4v) is 2.60. The number of nitrogens with one attached hydrogen (secondary N) is 1. The van der Waals surface area contributed by atoms with Crippen molar-refractivity contribution in [1.29, 1.82) is 0 Å². The first-order chi connectivity index (χ1) is 12.2. The predicted molar refractivity (Wildman–Crippen MR) is 113 cm³/mol. The molecule has 1 saturated carbocycles. The number of carbonyl (C=O) groups excluding carboxylic acids is 1. The van der Waals surface area contributed by atoms with Crippen molar-refractivity contribution in [3.8, 4) is 0 Å². The van der Waals surface area contributed by atoms with Gasteiger partial charge in [0.1, 0.15) is 6.29 Å². The van der Waals surface area contributed by atoms with Gasteiger partial charge in [-0.1, -0.05) is 75.2 Å². The van der Waals surface area contributed by atoms with E-state index in [1.807, 2.05) is 13.8 Å². The normalized spacial score (nSPS) is 14.3. The van der Waals surface area contributed by atoms with Crippen molar-refractivity contribution in [2.24, 2.45) is 5.92 Å². The quantitative estimate of drug-likeness (QED) is 0.285. The van der Waals surface area contributed by atoms with Gasteiger partial charge in [-0.05, 0) is 44.8 Å². The Hall–Kier alpha value is -1.10. The zero-order chi connectivity index (χ0) is 18.9. The largest absolute Gasteiger partial charge is 0.302 e. The molecule has 0 heterocycles. The molecule has 0 bridgehead atoms. The molecule has 0 saturated heterocycles. The second-order valence-electron chi connectivity index (χ2n) is 5.76. The molecule has 4 heteroatoms. The maximum atomic E-state index is 9.50. The van der Waals surface area contributed by atoms with Gasteiger partial charge in [-0.25, -0.2) is 0 Å². The van der Waals surface area contributed by atoms with Gasteiger partial charge in [-0.3, -0.25) is 9.62 Å². The SMILES string of the molecule is CC.CC/C=C\[C@@H](c1ccccc1)N(C)CC1CC1.CNSCC=O. The molecule has 25 heavy (non-hydrogen) atoms. The van der Waals surface area contributed by atoms with Crippen LogP contribution in [-0.4, -0.2) is 37.6 Å². The Kier molecular flexibility index (Phi) is 15.7. The molecule has 1 aliphatic carbocycles. The highest BCUT2D eigenvalue weighted by atomic mass is 32.2. The van der Waals surface area contributed by atoms with E-state index in [0.29, 0.717) is 11.8 Å². The van der Waals surface area contributed by atoms with Crippen molar-refractivity contribution in [1.82, 2.24) is 9.62 Å². The van der Waals surface area contributed by atoms with E-state index < -0.39 is 0 Å². The molecule has 0 aromatic heterocycles. The smallest absolute Gasteiger partial charge is 0.131 e. The molecule has 0 amide bonds. The van der Waals surface area contributed by atoms with Gasteiger partial charge in [0.25, 0.3) is 0 Å². The van der Waals surface area contributed by atoms with Crippen LogP contribution < -0.4 is 4.72 Å². The maximum Gasteiger partial charge on any atom is 0.131 e. The van der Waals surface area contributed by atoms with Gasteiger partial charge >= 0.3 is 0 Å². The lowest BCUT2D eigenvalue weighted by Gasteiger charge is -2.26. The van der Waals surface area contributed by atoms with Crippen LogP contribution in [0.15, 0.2) is 42.5 Å². The number of carbonyl (C=O) groups is 1. The molecule has 3 nitrogen and oxygen atoms in total. The summed E-state index contributed by atoms with van der Waals surface area (Å²) in [5.41, 5.74) is 1.40. The zero-order valence-electron chi connectivity index (χ0n) is 16.6. The number of hydrogen-bond donors (Lipinski definition) is 1. The topological polar surface area (TPSA) is 32.3 Å². The van der Waals surface area contributed by atoms with Crippen LogP contribution in [0, 0.1) is 5.92 Å². The molecule has 1 N–H and O–H groups in total. The monoisotopic (exact) mass is 364 g/mol.